The maximum atomic E-state index is 6.30. The minimum Gasteiger partial charge on any atom is -0.309 e. The first-order valence-electron chi connectivity index (χ1n) is 7.10. The van der Waals surface area contributed by atoms with Crippen molar-refractivity contribution in [1.29, 1.82) is 0 Å². The summed E-state index contributed by atoms with van der Waals surface area (Å²) in [6, 6.07) is 6.22. The van der Waals surface area contributed by atoms with Gasteiger partial charge in [0, 0.05) is 18.4 Å². The predicted octanol–water partition coefficient (Wildman–Crippen LogP) is 3.23. The molecule has 0 radical (unpaired) electrons. The second-order valence-corrected chi connectivity index (χ2v) is 5.07. The van der Waals surface area contributed by atoms with Crippen LogP contribution >= 0.6 is 11.6 Å². The second-order valence-electron chi connectivity index (χ2n) is 4.66. The second kappa shape index (κ2) is 7.41. The molecule has 0 saturated heterocycles. The van der Waals surface area contributed by atoms with E-state index in [1.807, 2.05) is 23.0 Å². The fourth-order valence-corrected chi connectivity index (χ4v) is 2.66. The Morgan fingerprint density at radius 3 is 2.85 bits per heavy atom. The van der Waals surface area contributed by atoms with E-state index in [4.69, 9.17) is 11.6 Å². The highest BCUT2D eigenvalue weighted by atomic mass is 35.5. The van der Waals surface area contributed by atoms with Gasteiger partial charge in [-0.1, -0.05) is 24.6 Å². The van der Waals surface area contributed by atoms with Crippen molar-refractivity contribution >= 4 is 11.6 Å². The molecule has 5 heteroatoms. The predicted molar refractivity (Wildman–Crippen MR) is 81.9 cm³/mol. The Morgan fingerprint density at radius 1 is 1.35 bits per heavy atom. The van der Waals surface area contributed by atoms with Gasteiger partial charge in [0.05, 0.1) is 23.0 Å². The Morgan fingerprint density at radius 2 is 2.20 bits per heavy atom. The average Bonchev–Trinajstić information content (AvgIpc) is 2.85. The number of aromatic nitrogens is 3. The zero-order valence-corrected chi connectivity index (χ0v) is 12.8. The van der Waals surface area contributed by atoms with Gasteiger partial charge in [-0.2, -0.15) is 5.10 Å². The molecule has 0 spiro atoms. The van der Waals surface area contributed by atoms with Crippen LogP contribution in [0.1, 0.15) is 37.7 Å². The standard InChI is InChI=1S/C15H21ClN4/c1-3-17-14(9-8-12-7-5-6-10-18-12)15-13(16)11-19-20(15)4-2/h5-7,10-11,14,17H,3-4,8-9H2,1-2H3. The summed E-state index contributed by atoms with van der Waals surface area (Å²) in [5.74, 6) is 0. The van der Waals surface area contributed by atoms with Gasteiger partial charge in [-0.3, -0.25) is 9.67 Å². The van der Waals surface area contributed by atoms with Gasteiger partial charge in [-0.25, -0.2) is 0 Å². The Kier molecular flexibility index (Phi) is 5.56. The summed E-state index contributed by atoms with van der Waals surface area (Å²) in [6.07, 6.45) is 5.44. The zero-order chi connectivity index (χ0) is 14.4. The summed E-state index contributed by atoms with van der Waals surface area (Å²) in [5, 5.41) is 8.55. The van der Waals surface area contributed by atoms with Crippen LogP contribution in [0.2, 0.25) is 5.02 Å². The van der Waals surface area contributed by atoms with Crippen LogP contribution in [0.3, 0.4) is 0 Å². The molecule has 0 saturated carbocycles. The van der Waals surface area contributed by atoms with Crippen molar-refractivity contribution in [3.8, 4) is 0 Å². The van der Waals surface area contributed by atoms with E-state index in [0.717, 1.165) is 42.3 Å². The molecule has 2 aromatic rings. The number of nitrogens with zero attached hydrogens (tertiary/aromatic N) is 3. The molecular formula is C15H21ClN4. The highest BCUT2D eigenvalue weighted by Gasteiger charge is 2.19. The van der Waals surface area contributed by atoms with E-state index in [1.54, 1.807) is 6.20 Å². The first-order valence-corrected chi connectivity index (χ1v) is 7.48. The molecule has 0 fully saturated rings. The highest BCUT2D eigenvalue weighted by molar-refractivity contribution is 6.31. The molecule has 0 aliphatic carbocycles. The van der Waals surface area contributed by atoms with Crippen molar-refractivity contribution in [3.05, 3.63) is 47.0 Å². The van der Waals surface area contributed by atoms with Crippen molar-refractivity contribution in [1.82, 2.24) is 20.1 Å². The monoisotopic (exact) mass is 292 g/mol. The van der Waals surface area contributed by atoms with Gasteiger partial charge in [0.2, 0.25) is 0 Å². The third-order valence-electron chi connectivity index (χ3n) is 3.33. The fraction of sp³-hybridized carbons (Fsp3) is 0.467. The molecule has 2 heterocycles. The molecule has 0 bridgehead atoms. The van der Waals surface area contributed by atoms with E-state index in [1.165, 1.54) is 0 Å². The van der Waals surface area contributed by atoms with Crippen LogP contribution in [0, 0.1) is 0 Å². The minimum atomic E-state index is 0.206. The van der Waals surface area contributed by atoms with Crippen LogP contribution in [-0.4, -0.2) is 21.3 Å². The Hall–Kier alpha value is -1.39. The Bertz CT molecular complexity index is 524. The molecule has 4 nitrogen and oxygen atoms in total. The Labute approximate surface area is 125 Å². The quantitative estimate of drug-likeness (QED) is 0.852. The van der Waals surface area contributed by atoms with Crippen LogP contribution in [-0.2, 0) is 13.0 Å². The number of pyridine rings is 1. The maximum absolute atomic E-state index is 6.30. The number of hydrogen-bond acceptors (Lipinski definition) is 3. The van der Waals surface area contributed by atoms with Crippen LogP contribution in [0.5, 0.6) is 0 Å². The first kappa shape index (κ1) is 15.0. The van der Waals surface area contributed by atoms with Crippen LogP contribution in [0.15, 0.2) is 30.6 Å². The van der Waals surface area contributed by atoms with Crippen LogP contribution < -0.4 is 5.32 Å². The van der Waals surface area contributed by atoms with Crippen LogP contribution in [0.4, 0.5) is 0 Å². The molecule has 0 aliphatic rings. The maximum Gasteiger partial charge on any atom is 0.0834 e. The van der Waals surface area contributed by atoms with E-state index in [-0.39, 0.29) is 6.04 Å². The zero-order valence-electron chi connectivity index (χ0n) is 12.0. The fourth-order valence-electron chi connectivity index (χ4n) is 2.39. The van der Waals surface area contributed by atoms with E-state index >= 15 is 0 Å². The topological polar surface area (TPSA) is 42.7 Å². The smallest absolute Gasteiger partial charge is 0.0834 e. The molecule has 20 heavy (non-hydrogen) atoms. The Balaban J connectivity index is 2.12. The van der Waals surface area contributed by atoms with Gasteiger partial charge in [0.15, 0.2) is 0 Å². The van der Waals surface area contributed by atoms with Gasteiger partial charge in [-0.05, 0) is 38.4 Å². The summed E-state index contributed by atoms with van der Waals surface area (Å²) in [7, 11) is 0. The summed E-state index contributed by atoms with van der Waals surface area (Å²) >= 11 is 6.30. The van der Waals surface area contributed by atoms with Gasteiger partial charge in [-0.15, -0.1) is 0 Å². The summed E-state index contributed by atoms with van der Waals surface area (Å²) in [4.78, 5) is 4.37. The van der Waals surface area contributed by atoms with Crippen molar-refractivity contribution in [2.24, 2.45) is 0 Å². The van der Waals surface area contributed by atoms with Crippen molar-refractivity contribution in [2.45, 2.75) is 39.3 Å². The van der Waals surface area contributed by atoms with E-state index in [2.05, 4.69) is 35.3 Å². The number of hydrogen-bond donors (Lipinski definition) is 1. The van der Waals surface area contributed by atoms with Crippen LogP contribution in [0.25, 0.3) is 0 Å². The first-order chi connectivity index (χ1) is 9.76. The third-order valence-corrected chi connectivity index (χ3v) is 3.62. The molecule has 2 aromatic heterocycles. The minimum absolute atomic E-state index is 0.206. The largest absolute Gasteiger partial charge is 0.309 e. The molecule has 1 unspecified atom stereocenters. The summed E-state index contributed by atoms with van der Waals surface area (Å²) in [6.45, 7) is 5.91. The molecule has 108 valence electrons. The lowest BCUT2D eigenvalue weighted by molar-refractivity contribution is 0.465. The number of halogens is 1. The lowest BCUT2D eigenvalue weighted by Gasteiger charge is -2.19. The van der Waals surface area contributed by atoms with Crippen molar-refractivity contribution < 1.29 is 0 Å². The van der Waals surface area contributed by atoms with E-state index in [9.17, 15) is 0 Å². The molecule has 0 amide bonds. The van der Waals surface area contributed by atoms with E-state index < -0.39 is 0 Å². The molecule has 2 rings (SSSR count). The molecule has 1 atom stereocenters. The molecule has 0 aliphatic heterocycles. The number of nitrogens with one attached hydrogen (secondary N) is 1. The highest BCUT2D eigenvalue weighted by Crippen LogP contribution is 2.26. The van der Waals surface area contributed by atoms with Gasteiger partial charge in [0.1, 0.15) is 0 Å². The molecule has 0 aromatic carbocycles. The summed E-state index contributed by atoms with van der Waals surface area (Å²) in [5.41, 5.74) is 2.18. The van der Waals surface area contributed by atoms with Gasteiger partial charge in [0.25, 0.3) is 0 Å². The number of aryl methyl sites for hydroxylation is 2. The van der Waals surface area contributed by atoms with Crippen molar-refractivity contribution in [3.63, 3.8) is 0 Å². The van der Waals surface area contributed by atoms with Gasteiger partial charge >= 0.3 is 0 Å². The van der Waals surface area contributed by atoms with Gasteiger partial charge < -0.3 is 5.32 Å². The molecule has 1 N–H and O–H groups in total. The van der Waals surface area contributed by atoms with E-state index in [0.29, 0.717) is 0 Å². The normalized spacial score (nSPS) is 12.6. The third kappa shape index (κ3) is 3.58. The lowest BCUT2D eigenvalue weighted by atomic mass is 10.1. The van der Waals surface area contributed by atoms with Crippen molar-refractivity contribution in [2.75, 3.05) is 6.54 Å². The molecular weight excluding hydrogens is 272 g/mol. The lowest BCUT2D eigenvalue weighted by Crippen LogP contribution is -2.24. The number of rotatable bonds is 7. The summed E-state index contributed by atoms with van der Waals surface area (Å²) < 4.78 is 1.97. The SMILES string of the molecule is CCNC(CCc1ccccn1)c1c(Cl)cnn1CC. The average molecular weight is 293 g/mol.